The molecular formula is C14H9BrClN. The Morgan fingerprint density at radius 1 is 1.00 bits per heavy atom. The molecule has 0 radical (unpaired) electrons. The minimum absolute atomic E-state index is 0.717. The van der Waals surface area contributed by atoms with Crippen molar-refractivity contribution in [3.63, 3.8) is 0 Å². The summed E-state index contributed by atoms with van der Waals surface area (Å²) in [5.74, 6) is 2.95. The normalized spacial score (nSPS) is 9.53. The monoisotopic (exact) mass is 305 g/mol. The first-order valence-corrected chi connectivity index (χ1v) is 6.23. The van der Waals surface area contributed by atoms with Crippen molar-refractivity contribution in [1.29, 1.82) is 0 Å². The second-order valence-electron chi connectivity index (χ2n) is 3.38. The molecule has 2 aromatic carbocycles. The van der Waals surface area contributed by atoms with Crippen molar-refractivity contribution in [2.75, 3.05) is 0 Å². The van der Waals surface area contributed by atoms with Gasteiger partial charge in [0.25, 0.3) is 0 Å². The van der Waals surface area contributed by atoms with Crippen LogP contribution in [0.25, 0.3) is 4.48 Å². The molecule has 84 valence electrons. The molecule has 0 aliphatic heterocycles. The van der Waals surface area contributed by atoms with E-state index in [0.717, 1.165) is 15.7 Å². The summed E-state index contributed by atoms with van der Waals surface area (Å²) in [6.07, 6.45) is 0. The lowest BCUT2D eigenvalue weighted by molar-refractivity contribution is 1.55. The van der Waals surface area contributed by atoms with Gasteiger partial charge in [0.1, 0.15) is 0 Å². The van der Waals surface area contributed by atoms with Crippen LogP contribution in [0.1, 0.15) is 5.56 Å². The van der Waals surface area contributed by atoms with Crippen LogP contribution in [0.3, 0.4) is 0 Å². The lowest BCUT2D eigenvalue weighted by atomic mass is 10.2. The number of hydrogen-bond acceptors (Lipinski definition) is 1. The first-order valence-electron chi connectivity index (χ1n) is 5.06. The second kappa shape index (κ2) is 5.83. The van der Waals surface area contributed by atoms with E-state index in [9.17, 15) is 0 Å². The number of benzene rings is 2. The maximum Gasteiger partial charge on any atom is 0.0861 e. The van der Waals surface area contributed by atoms with Crippen molar-refractivity contribution >= 4 is 43.6 Å². The smallest absolute Gasteiger partial charge is 0.0861 e. The summed E-state index contributed by atoms with van der Waals surface area (Å²) in [6.45, 7) is 0. The Morgan fingerprint density at radius 2 is 1.65 bits per heavy atom. The molecule has 0 fully saturated rings. The van der Waals surface area contributed by atoms with Gasteiger partial charge in [0, 0.05) is 10.9 Å². The van der Waals surface area contributed by atoms with Crippen molar-refractivity contribution in [2.24, 2.45) is 4.99 Å². The van der Waals surface area contributed by atoms with Gasteiger partial charge in [-0.1, -0.05) is 41.9 Å². The van der Waals surface area contributed by atoms with Gasteiger partial charge in [-0.2, -0.15) is 0 Å². The van der Waals surface area contributed by atoms with E-state index in [0.29, 0.717) is 5.02 Å². The zero-order valence-corrected chi connectivity index (χ0v) is 11.2. The number of nitrogens with zero attached hydrogens (tertiary/aromatic N) is 1. The fourth-order valence-corrected chi connectivity index (χ4v) is 1.76. The summed E-state index contributed by atoms with van der Waals surface area (Å²) in [4.78, 5) is 4.24. The Morgan fingerprint density at radius 3 is 2.29 bits per heavy atom. The number of rotatable bonds is 2. The molecule has 17 heavy (non-hydrogen) atoms. The molecule has 3 heteroatoms. The average molecular weight is 307 g/mol. The number of aliphatic imine (C=N–C) groups is 1. The molecule has 0 amide bonds. The zero-order chi connectivity index (χ0) is 12.1. The van der Waals surface area contributed by atoms with E-state index < -0.39 is 0 Å². The van der Waals surface area contributed by atoms with Gasteiger partial charge < -0.3 is 0 Å². The highest BCUT2D eigenvalue weighted by atomic mass is 79.9. The van der Waals surface area contributed by atoms with Crippen LogP contribution >= 0.6 is 27.5 Å². The van der Waals surface area contributed by atoms with Crippen molar-refractivity contribution in [2.45, 2.75) is 0 Å². The number of halogens is 2. The molecule has 2 rings (SSSR count). The quantitative estimate of drug-likeness (QED) is 0.686. The Hall–Kier alpha value is -1.34. The molecule has 0 bridgehead atoms. The van der Waals surface area contributed by atoms with Gasteiger partial charge in [-0.05, 0) is 45.8 Å². The standard InChI is InChI=1S/C14H9BrClN/c15-14(11-6-8-12(16)9-7-11)10-17-13-4-2-1-3-5-13/h1-9H. The fourth-order valence-electron chi connectivity index (χ4n) is 1.28. The van der Waals surface area contributed by atoms with Crippen molar-refractivity contribution in [3.05, 3.63) is 65.2 Å². The Balaban J connectivity index is 2.28. The third-order valence-electron chi connectivity index (χ3n) is 2.14. The van der Waals surface area contributed by atoms with Crippen LogP contribution < -0.4 is 0 Å². The molecule has 0 heterocycles. The summed E-state index contributed by atoms with van der Waals surface area (Å²) in [5, 5.41) is 0.717. The van der Waals surface area contributed by atoms with Gasteiger partial charge in [-0.3, -0.25) is 0 Å². The predicted octanol–water partition coefficient (Wildman–Crippen LogP) is 5.08. The van der Waals surface area contributed by atoms with E-state index in [1.54, 1.807) is 0 Å². The minimum atomic E-state index is 0.717. The molecule has 0 N–H and O–H groups in total. The molecule has 0 aliphatic rings. The van der Waals surface area contributed by atoms with Gasteiger partial charge in [0.15, 0.2) is 0 Å². The number of para-hydroxylation sites is 1. The minimum Gasteiger partial charge on any atom is -0.205 e. The summed E-state index contributed by atoms with van der Waals surface area (Å²) in [5.41, 5.74) is 1.87. The van der Waals surface area contributed by atoms with E-state index in [4.69, 9.17) is 11.6 Å². The average Bonchev–Trinajstić information content (AvgIpc) is 2.38. The molecule has 1 nitrogen and oxygen atoms in total. The highest BCUT2D eigenvalue weighted by Crippen LogP contribution is 2.20. The largest absolute Gasteiger partial charge is 0.205 e. The van der Waals surface area contributed by atoms with Gasteiger partial charge in [-0.25, -0.2) is 4.99 Å². The summed E-state index contributed by atoms with van der Waals surface area (Å²) < 4.78 is 0.804. The topological polar surface area (TPSA) is 12.4 Å². The summed E-state index contributed by atoms with van der Waals surface area (Å²) in [7, 11) is 0. The molecule has 2 aromatic rings. The van der Waals surface area contributed by atoms with Crippen LogP contribution in [-0.2, 0) is 0 Å². The summed E-state index contributed by atoms with van der Waals surface area (Å²) >= 11 is 9.26. The molecule has 0 atom stereocenters. The van der Waals surface area contributed by atoms with Crippen molar-refractivity contribution < 1.29 is 0 Å². The Kier molecular flexibility index (Phi) is 4.16. The molecule has 0 unspecified atom stereocenters. The Bertz CT molecular complexity index is 555. The molecule has 0 saturated carbocycles. The van der Waals surface area contributed by atoms with E-state index in [1.807, 2.05) is 54.6 Å². The fraction of sp³-hybridized carbons (Fsp3) is 0. The van der Waals surface area contributed by atoms with Gasteiger partial charge >= 0.3 is 0 Å². The molecular weight excluding hydrogens is 298 g/mol. The second-order valence-corrected chi connectivity index (χ2v) is 4.61. The SMILES string of the molecule is Clc1ccc(C(Br)=C=Nc2ccccc2)cc1. The maximum atomic E-state index is 5.82. The lowest BCUT2D eigenvalue weighted by Gasteiger charge is -1.95. The van der Waals surface area contributed by atoms with Gasteiger partial charge in [-0.15, -0.1) is 0 Å². The van der Waals surface area contributed by atoms with Crippen LogP contribution in [0.2, 0.25) is 5.02 Å². The third-order valence-corrected chi connectivity index (χ3v) is 3.02. The van der Waals surface area contributed by atoms with E-state index >= 15 is 0 Å². The van der Waals surface area contributed by atoms with Crippen molar-refractivity contribution in [3.8, 4) is 0 Å². The molecule has 0 spiro atoms. The first kappa shape index (κ1) is 12.1. The molecule has 0 aliphatic carbocycles. The highest BCUT2D eigenvalue weighted by molar-refractivity contribution is 9.15. The maximum absolute atomic E-state index is 5.82. The highest BCUT2D eigenvalue weighted by Gasteiger charge is 1.96. The van der Waals surface area contributed by atoms with Gasteiger partial charge in [0.05, 0.1) is 10.2 Å². The van der Waals surface area contributed by atoms with E-state index in [1.165, 1.54) is 0 Å². The zero-order valence-electron chi connectivity index (χ0n) is 8.90. The van der Waals surface area contributed by atoms with Gasteiger partial charge in [0.2, 0.25) is 0 Å². The van der Waals surface area contributed by atoms with E-state index in [-0.39, 0.29) is 0 Å². The van der Waals surface area contributed by atoms with E-state index in [2.05, 4.69) is 26.8 Å². The third kappa shape index (κ3) is 3.57. The molecule has 0 aromatic heterocycles. The molecule has 0 saturated heterocycles. The summed E-state index contributed by atoms with van der Waals surface area (Å²) in [6, 6.07) is 17.2. The predicted molar refractivity (Wildman–Crippen MR) is 77.3 cm³/mol. The van der Waals surface area contributed by atoms with Crippen LogP contribution in [0.15, 0.2) is 59.6 Å². The van der Waals surface area contributed by atoms with Crippen LogP contribution in [0.4, 0.5) is 5.69 Å². The first-order chi connectivity index (χ1) is 8.25. The van der Waals surface area contributed by atoms with Crippen LogP contribution in [0.5, 0.6) is 0 Å². The van der Waals surface area contributed by atoms with Crippen molar-refractivity contribution in [1.82, 2.24) is 0 Å². The van der Waals surface area contributed by atoms with Crippen LogP contribution in [-0.4, -0.2) is 5.87 Å². The lowest BCUT2D eigenvalue weighted by Crippen LogP contribution is -1.76. The van der Waals surface area contributed by atoms with Crippen LogP contribution in [0, 0.1) is 0 Å². The Labute approximate surface area is 114 Å². The number of hydrogen-bond donors (Lipinski definition) is 0.